The molecule has 2 fully saturated rings. The van der Waals surface area contributed by atoms with Crippen LogP contribution in [0, 0.1) is 17.8 Å². The van der Waals surface area contributed by atoms with E-state index < -0.39 is 0 Å². The second-order valence-electron chi connectivity index (χ2n) is 9.44. The van der Waals surface area contributed by atoms with Crippen LogP contribution >= 0.6 is 0 Å². The van der Waals surface area contributed by atoms with Gasteiger partial charge in [0.1, 0.15) is 11.5 Å². The van der Waals surface area contributed by atoms with Gasteiger partial charge in [-0.15, -0.1) is 0 Å². The van der Waals surface area contributed by atoms with Gasteiger partial charge in [-0.1, -0.05) is 19.4 Å². The summed E-state index contributed by atoms with van der Waals surface area (Å²) < 4.78 is 11.1. The van der Waals surface area contributed by atoms with E-state index in [9.17, 15) is 0 Å². The lowest BCUT2D eigenvalue weighted by Crippen LogP contribution is -2.46. The molecule has 1 heterocycles. The highest BCUT2D eigenvalue weighted by Gasteiger charge is 2.48. The fourth-order valence-corrected chi connectivity index (χ4v) is 5.75. The standard InChI is InChI=1S/C22H28O2.C4H9N/c1-16-17-6-3-11-22(16,12-4-7-19-8-5-13-24-19)21-15-20(23-2)10-9-18(21)14-17;5-3-4-1-2-4/h5,8-10,13,15-17H,3-4,6-7,11-12,14H2,1-2H3;4H,1-3,5H2/t16-,17?,22+;/m0./s1. The summed E-state index contributed by atoms with van der Waals surface area (Å²) in [5, 5.41) is 0. The minimum absolute atomic E-state index is 0.331. The second kappa shape index (κ2) is 8.95. The first-order valence-electron chi connectivity index (χ1n) is 11.6. The number of nitrogens with two attached hydrogens (primary N) is 1. The fourth-order valence-electron chi connectivity index (χ4n) is 5.75. The first-order chi connectivity index (χ1) is 14.2. The molecule has 0 amide bonds. The Kier molecular flexibility index (Phi) is 6.34. The van der Waals surface area contributed by atoms with Crippen molar-refractivity contribution in [1.82, 2.24) is 0 Å². The smallest absolute Gasteiger partial charge is 0.119 e. The van der Waals surface area contributed by atoms with Crippen LogP contribution < -0.4 is 10.5 Å². The molecule has 2 aromatic rings. The topological polar surface area (TPSA) is 48.4 Å². The highest BCUT2D eigenvalue weighted by molar-refractivity contribution is 5.44. The molecular weight excluding hydrogens is 358 g/mol. The third kappa shape index (κ3) is 4.40. The molecule has 2 saturated carbocycles. The number of fused-ring (bicyclic) bond motifs is 4. The van der Waals surface area contributed by atoms with Crippen molar-refractivity contribution in [1.29, 1.82) is 0 Å². The molecule has 29 heavy (non-hydrogen) atoms. The van der Waals surface area contributed by atoms with E-state index in [0.717, 1.165) is 42.2 Å². The summed E-state index contributed by atoms with van der Waals surface area (Å²) in [6, 6.07) is 10.9. The van der Waals surface area contributed by atoms with Crippen LogP contribution in [0.4, 0.5) is 0 Å². The van der Waals surface area contributed by atoms with Gasteiger partial charge in [0.2, 0.25) is 0 Å². The number of benzene rings is 1. The average Bonchev–Trinajstić information content (AvgIpc) is 3.45. The van der Waals surface area contributed by atoms with E-state index in [1.165, 1.54) is 51.4 Å². The maximum Gasteiger partial charge on any atom is 0.119 e. The van der Waals surface area contributed by atoms with Crippen LogP contribution in [0.15, 0.2) is 41.0 Å². The highest BCUT2D eigenvalue weighted by Crippen LogP contribution is 2.55. The van der Waals surface area contributed by atoms with Gasteiger partial charge in [0.05, 0.1) is 13.4 Å². The first kappa shape index (κ1) is 20.5. The van der Waals surface area contributed by atoms with E-state index in [2.05, 4.69) is 31.2 Å². The van der Waals surface area contributed by atoms with Gasteiger partial charge in [0.15, 0.2) is 0 Å². The molecule has 5 rings (SSSR count). The van der Waals surface area contributed by atoms with Gasteiger partial charge in [0, 0.05) is 6.42 Å². The lowest BCUT2D eigenvalue weighted by atomic mass is 9.52. The van der Waals surface area contributed by atoms with E-state index in [1.54, 1.807) is 24.5 Å². The number of hydrogen-bond acceptors (Lipinski definition) is 3. The number of hydrogen-bond donors (Lipinski definition) is 1. The van der Waals surface area contributed by atoms with Gasteiger partial charge in [0.25, 0.3) is 0 Å². The minimum atomic E-state index is 0.331. The Labute approximate surface area is 176 Å². The molecule has 3 aliphatic carbocycles. The van der Waals surface area contributed by atoms with Gasteiger partial charge in [-0.3, -0.25) is 0 Å². The summed E-state index contributed by atoms with van der Waals surface area (Å²) in [6.45, 7) is 3.42. The van der Waals surface area contributed by atoms with Crippen LogP contribution in [0.5, 0.6) is 5.75 Å². The zero-order valence-electron chi connectivity index (χ0n) is 18.2. The van der Waals surface area contributed by atoms with Crippen LogP contribution in [0.2, 0.25) is 0 Å². The summed E-state index contributed by atoms with van der Waals surface area (Å²) in [7, 11) is 1.78. The molecule has 0 aliphatic heterocycles. The average molecular weight is 396 g/mol. The Morgan fingerprint density at radius 1 is 1.21 bits per heavy atom. The van der Waals surface area contributed by atoms with Crippen molar-refractivity contribution in [3.8, 4) is 5.75 Å². The van der Waals surface area contributed by atoms with Crippen LogP contribution in [-0.4, -0.2) is 13.7 Å². The highest BCUT2D eigenvalue weighted by atomic mass is 16.5. The largest absolute Gasteiger partial charge is 0.497 e. The Bertz CT molecular complexity index is 780. The van der Waals surface area contributed by atoms with Gasteiger partial charge < -0.3 is 14.9 Å². The molecule has 1 aromatic carbocycles. The van der Waals surface area contributed by atoms with Crippen molar-refractivity contribution in [2.24, 2.45) is 23.5 Å². The van der Waals surface area contributed by atoms with Crippen molar-refractivity contribution < 1.29 is 9.15 Å². The first-order valence-corrected chi connectivity index (χ1v) is 11.6. The lowest BCUT2D eigenvalue weighted by Gasteiger charge is -2.52. The summed E-state index contributed by atoms with van der Waals surface area (Å²) in [6.07, 6.45) is 13.4. The van der Waals surface area contributed by atoms with Crippen LogP contribution in [0.3, 0.4) is 0 Å². The molecule has 3 atom stereocenters. The Morgan fingerprint density at radius 3 is 2.72 bits per heavy atom. The van der Waals surface area contributed by atoms with E-state index in [0.29, 0.717) is 5.41 Å². The molecule has 158 valence electrons. The van der Waals surface area contributed by atoms with Gasteiger partial charge >= 0.3 is 0 Å². The normalized spacial score (nSPS) is 27.6. The molecule has 3 heteroatoms. The van der Waals surface area contributed by atoms with Crippen LogP contribution in [0.1, 0.15) is 68.8 Å². The zero-order chi connectivity index (χ0) is 20.3. The van der Waals surface area contributed by atoms with Gasteiger partial charge in [-0.05, 0) is 110 Å². The predicted molar refractivity (Wildman–Crippen MR) is 118 cm³/mol. The van der Waals surface area contributed by atoms with E-state index in [1.807, 2.05) is 6.07 Å². The molecule has 1 unspecified atom stereocenters. The summed E-state index contributed by atoms with van der Waals surface area (Å²) >= 11 is 0. The van der Waals surface area contributed by atoms with Crippen LogP contribution in [-0.2, 0) is 18.3 Å². The molecule has 0 radical (unpaired) electrons. The SMILES string of the molecule is COc1ccc2c(c1)[C@@]1(CCCc3ccco3)CCCC(C2)[C@@H]1C.NCC1CC1. The van der Waals surface area contributed by atoms with E-state index in [-0.39, 0.29) is 0 Å². The summed E-state index contributed by atoms with van der Waals surface area (Å²) in [4.78, 5) is 0. The predicted octanol–water partition coefficient (Wildman–Crippen LogP) is 5.90. The van der Waals surface area contributed by atoms with Gasteiger partial charge in [-0.2, -0.15) is 0 Å². The molecule has 3 nitrogen and oxygen atoms in total. The van der Waals surface area contributed by atoms with Crippen LogP contribution in [0.25, 0.3) is 0 Å². The molecule has 1 aromatic heterocycles. The molecule has 2 N–H and O–H groups in total. The minimum Gasteiger partial charge on any atom is -0.497 e. The number of methoxy groups -OCH3 is 1. The van der Waals surface area contributed by atoms with Crippen molar-refractivity contribution >= 4 is 0 Å². The Morgan fingerprint density at radius 2 is 2.07 bits per heavy atom. The second-order valence-corrected chi connectivity index (χ2v) is 9.44. The number of furan rings is 1. The van der Waals surface area contributed by atoms with Crippen molar-refractivity contribution in [3.05, 3.63) is 53.5 Å². The zero-order valence-corrected chi connectivity index (χ0v) is 18.2. The number of ether oxygens (including phenoxy) is 1. The molecule has 3 aliphatic rings. The maximum absolute atomic E-state index is 5.55. The van der Waals surface area contributed by atoms with Gasteiger partial charge in [-0.25, -0.2) is 0 Å². The summed E-state index contributed by atoms with van der Waals surface area (Å²) in [5.41, 5.74) is 8.70. The van der Waals surface area contributed by atoms with Crippen molar-refractivity contribution in [2.45, 2.75) is 70.1 Å². The number of aryl methyl sites for hydroxylation is 1. The molecule has 0 saturated heterocycles. The summed E-state index contributed by atoms with van der Waals surface area (Å²) in [5.74, 6) is 4.66. The van der Waals surface area contributed by atoms with E-state index >= 15 is 0 Å². The number of rotatable bonds is 6. The lowest BCUT2D eigenvalue weighted by molar-refractivity contribution is 0.0980. The Balaban J connectivity index is 0.000000359. The maximum atomic E-state index is 5.55. The fraction of sp³-hybridized carbons (Fsp3) is 0.615. The third-order valence-electron chi connectivity index (χ3n) is 7.77. The van der Waals surface area contributed by atoms with Crippen molar-refractivity contribution in [3.63, 3.8) is 0 Å². The monoisotopic (exact) mass is 395 g/mol. The van der Waals surface area contributed by atoms with E-state index in [4.69, 9.17) is 14.9 Å². The quantitative estimate of drug-likeness (QED) is 0.663. The molecular formula is C26H37NO2. The molecule has 2 bridgehead atoms. The Hall–Kier alpha value is -1.74. The third-order valence-corrected chi connectivity index (χ3v) is 7.77. The molecule has 0 spiro atoms. The van der Waals surface area contributed by atoms with Crippen molar-refractivity contribution in [2.75, 3.05) is 13.7 Å².